The van der Waals surface area contributed by atoms with Gasteiger partial charge >= 0.3 is 0 Å². The zero-order valence-electron chi connectivity index (χ0n) is 24.5. The number of hydrogen-bond donors (Lipinski definition) is 2. The van der Waals surface area contributed by atoms with Crippen LogP contribution in [0.1, 0.15) is 66.0 Å². The molecule has 2 heterocycles. The molecule has 8 heteroatoms. The maximum Gasteiger partial charge on any atom is 0.294 e. The van der Waals surface area contributed by atoms with Crippen molar-refractivity contribution in [3.05, 3.63) is 106 Å². The molecule has 1 amide bonds. The highest BCUT2D eigenvalue weighted by molar-refractivity contribution is 5.95. The standard InChI is InChI=1S/C35H39N3O5/c39-20-19-38(27-15-21-42-22-16-27)34(41)31-32(43-24-25-9-2-1-3-10-25)33(40)37-30(36-31)23-35(17-6-7-18-35)29-14-8-12-26-11-4-5-13-28(26)29/h1-5,8-14,27,39H,6-7,15-24H2,(H,36,37,40). The molecule has 1 aliphatic heterocycles. The Labute approximate surface area is 251 Å². The second-order valence-electron chi connectivity index (χ2n) is 11.7. The zero-order chi connectivity index (χ0) is 29.6. The summed E-state index contributed by atoms with van der Waals surface area (Å²) in [7, 11) is 0. The first kappa shape index (κ1) is 29.1. The largest absolute Gasteiger partial charge is 0.481 e. The van der Waals surface area contributed by atoms with Crippen LogP contribution in [0.5, 0.6) is 5.75 Å². The number of hydrogen-bond acceptors (Lipinski definition) is 6. The summed E-state index contributed by atoms with van der Waals surface area (Å²) >= 11 is 0. The van der Waals surface area contributed by atoms with Crippen molar-refractivity contribution in [2.45, 2.75) is 63.0 Å². The van der Waals surface area contributed by atoms with E-state index in [1.807, 2.05) is 30.3 Å². The van der Waals surface area contributed by atoms with Crippen molar-refractivity contribution in [3.8, 4) is 5.75 Å². The number of aliphatic hydroxyl groups excluding tert-OH is 1. The molecule has 2 aliphatic rings. The summed E-state index contributed by atoms with van der Waals surface area (Å²) in [6.45, 7) is 1.16. The van der Waals surface area contributed by atoms with Crippen molar-refractivity contribution in [2.75, 3.05) is 26.4 Å². The van der Waals surface area contributed by atoms with Crippen LogP contribution in [0.3, 0.4) is 0 Å². The Kier molecular flexibility index (Phi) is 8.86. The van der Waals surface area contributed by atoms with Crippen molar-refractivity contribution in [2.24, 2.45) is 0 Å². The Bertz CT molecular complexity index is 1600. The number of aromatic nitrogens is 2. The number of H-pyrrole nitrogens is 1. The number of benzene rings is 3. The van der Waals surface area contributed by atoms with E-state index >= 15 is 0 Å². The van der Waals surface area contributed by atoms with E-state index in [9.17, 15) is 14.7 Å². The van der Waals surface area contributed by atoms with Crippen molar-refractivity contribution >= 4 is 16.7 Å². The van der Waals surface area contributed by atoms with Crippen molar-refractivity contribution in [1.82, 2.24) is 14.9 Å². The first-order valence-electron chi connectivity index (χ1n) is 15.4. The fraction of sp³-hybridized carbons (Fsp3) is 0.400. The molecule has 3 aromatic carbocycles. The molecule has 43 heavy (non-hydrogen) atoms. The lowest BCUT2D eigenvalue weighted by molar-refractivity contribution is 0.0240. The Hall–Kier alpha value is -4.01. The van der Waals surface area contributed by atoms with Gasteiger partial charge in [-0.25, -0.2) is 4.98 Å². The Morgan fingerprint density at radius 2 is 1.72 bits per heavy atom. The van der Waals surface area contributed by atoms with Crippen LogP contribution < -0.4 is 10.3 Å². The van der Waals surface area contributed by atoms with Crippen LogP contribution in [0.2, 0.25) is 0 Å². The summed E-state index contributed by atoms with van der Waals surface area (Å²) in [5, 5.41) is 12.3. The van der Waals surface area contributed by atoms with Crippen LogP contribution in [0.15, 0.2) is 77.6 Å². The van der Waals surface area contributed by atoms with Gasteiger partial charge in [0.25, 0.3) is 11.5 Å². The molecule has 1 aliphatic carbocycles. The molecule has 6 rings (SSSR count). The molecule has 8 nitrogen and oxygen atoms in total. The van der Waals surface area contributed by atoms with Crippen LogP contribution in [-0.4, -0.2) is 58.3 Å². The van der Waals surface area contributed by atoms with E-state index < -0.39 is 11.5 Å². The second kappa shape index (κ2) is 13.1. The van der Waals surface area contributed by atoms with E-state index in [0.29, 0.717) is 38.3 Å². The van der Waals surface area contributed by atoms with Gasteiger partial charge in [0, 0.05) is 37.6 Å². The summed E-state index contributed by atoms with van der Waals surface area (Å²) in [6.07, 6.45) is 5.94. The Morgan fingerprint density at radius 3 is 2.49 bits per heavy atom. The molecule has 4 aromatic rings. The fourth-order valence-corrected chi connectivity index (χ4v) is 6.89. The van der Waals surface area contributed by atoms with Crippen molar-refractivity contribution in [1.29, 1.82) is 0 Å². The quantitative estimate of drug-likeness (QED) is 0.268. The van der Waals surface area contributed by atoms with E-state index in [1.165, 1.54) is 16.3 Å². The molecule has 2 fully saturated rings. The van der Waals surface area contributed by atoms with Gasteiger partial charge in [-0.2, -0.15) is 0 Å². The normalized spacial score (nSPS) is 16.8. The van der Waals surface area contributed by atoms with Gasteiger partial charge in [-0.05, 0) is 47.6 Å². The second-order valence-corrected chi connectivity index (χ2v) is 11.7. The topological polar surface area (TPSA) is 105 Å². The number of aromatic amines is 1. The molecule has 1 saturated carbocycles. The smallest absolute Gasteiger partial charge is 0.294 e. The molecule has 1 saturated heterocycles. The average molecular weight is 582 g/mol. The minimum atomic E-state index is -0.466. The third-order valence-corrected chi connectivity index (χ3v) is 9.02. The van der Waals surface area contributed by atoms with Gasteiger partial charge in [-0.3, -0.25) is 9.59 Å². The maximum absolute atomic E-state index is 14.2. The van der Waals surface area contributed by atoms with Gasteiger partial charge in [0.05, 0.1) is 6.61 Å². The van der Waals surface area contributed by atoms with E-state index in [4.69, 9.17) is 14.5 Å². The number of nitrogens with zero attached hydrogens (tertiary/aromatic N) is 2. The number of amides is 1. The van der Waals surface area contributed by atoms with Crippen LogP contribution in [-0.2, 0) is 23.2 Å². The van der Waals surface area contributed by atoms with Crippen molar-refractivity contribution in [3.63, 3.8) is 0 Å². The molecule has 224 valence electrons. The summed E-state index contributed by atoms with van der Waals surface area (Å²) in [4.78, 5) is 37.4. The molecule has 1 aromatic heterocycles. The molecule has 0 unspecified atom stereocenters. The Morgan fingerprint density at radius 1 is 1.00 bits per heavy atom. The predicted octanol–water partition coefficient (Wildman–Crippen LogP) is 5.17. The van der Waals surface area contributed by atoms with Gasteiger partial charge in [0.2, 0.25) is 5.75 Å². The van der Waals surface area contributed by atoms with E-state index in [1.54, 1.807) is 4.90 Å². The number of carbonyl (C=O) groups is 1. The van der Waals surface area contributed by atoms with Gasteiger partial charge in [0.1, 0.15) is 12.4 Å². The lowest BCUT2D eigenvalue weighted by atomic mass is 9.74. The fourth-order valence-electron chi connectivity index (χ4n) is 6.89. The minimum absolute atomic E-state index is 0.000639. The lowest BCUT2D eigenvalue weighted by Crippen LogP contribution is -2.45. The summed E-state index contributed by atoms with van der Waals surface area (Å²) in [6, 6.07) is 24.3. The molecule has 0 radical (unpaired) electrons. The number of nitrogens with one attached hydrogen (secondary N) is 1. The average Bonchev–Trinajstić information content (AvgIpc) is 3.52. The van der Waals surface area contributed by atoms with Gasteiger partial charge in [-0.1, -0.05) is 85.6 Å². The predicted molar refractivity (Wildman–Crippen MR) is 165 cm³/mol. The first-order valence-corrected chi connectivity index (χ1v) is 15.4. The van der Waals surface area contributed by atoms with E-state index in [-0.39, 0.29) is 42.7 Å². The molecule has 0 spiro atoms. The van der Waals surface area contributed by atoms with Crippen LogP contribution in [0.25, 0.3) is 10.8 Å². The molecular weight excluding hydrogens is 542 g/mol. The molecule has 0 atom stereocenters. The number of ether oxygens (including phenoxy) is 2. The summed E-state index contributed by atoms with van der Waals surface area (Å²) < 4.78 is 11.6. The molecule has 0 bridgehead atoms. The van der Waals surface area contributed by atoms with E-state index in [0.717, 1.165) is 31.2 Å². The van der Waals surface area contributed by atoms with Crippen LogP contribution in [0, 0.1) is 0 Å². The highest BCUT2D eigenvalue weighted by Gasteiger charge is 2.39. The van der Waals surface area contributed by atoms with Gasteiger partial charge in [0.15, 0.2) is 5.69 Å². The monoisotopic (exact) mass is 581 g/mol. The SMILES string of the molecule is O=C(c1nc(CC2(c3cccc4ccccc34)CCCC2)[nH]c(=O)c1OCc1ccccc1)N(CCO)C1CCOCC1. The van der Waals surface area contributed by atoms with Gasteiger partial charge < -0.3 is 24.5 Å². The van der Waals surface area contributed by atoms with Crippen LogP contribution in [0.4, 0.5) is 0 Å². The third kappa shape index (κ3) is 6.21. The van der Waals surface area contributed by atoms with Gasteiger partial charge in [-0.15, -0.1) is 0 Å². The molecular formula is C35H39N3O5. The Balaban J connectivity index is 1.40. The number of fused-ring (bicyclic) bond motifs is 1. The zero-order valence-corrected chi connectivity index (χ0v) is 24.5. The minimum Gasteiger partial charge on any atom is -0.481 e. The van der Waals surface area contributed by atoms with E-state index in [2.05, 4.69) is 47.4 Å². The number of rotatable bonds is 10. The third-order valence-electron chi connectivity index (χ3n) is 9.02. The number of aliphatic hydroxyl groups is 1. The lowest BCUT2D eigenvalue weighted by Gasteiger charge is -2.34. The highest BCUT2D eigenvalue weighted by Crippen LogP contribution is 2.45. The van der Waals surface area contributed by atoms with Crippen molar-refractivity contribution < 1.29 is 19.4 Å². The summed E-state index contributed by atoms with van der Waals surface area (Å²) in [5.41, 5.74) is 1.45. The van der Waals surface area contributed by atoms with Crippen LogP contribution >= 0.6 is 0 Å². The first-order chi connectivity index (χ1) is 21.1. The molecule has 2 N–H and O–H groups in total. The highest BCUT2D eigenvalue weighted by atomic mass is 16.5. The number of carbonyl (C=O) groups excluding carboxylic acids is 1. The summed E-state index contributed by atoms with van der Waals surface area (Å²) in [5.74, 6) is -0.00796. The maximum atomic E-state index is 14.2.